The van der Waals surface area contributed by atoms with Crippen molar-refractivity contribution in [2.45, 2.75) is 26.2 Å². The minimum atomic E-state index is -0.0236. The van der Waals surface area contributed by atoms with Gasteiger partial charge in [-0.1, -0.05) is 18.2 Å². The van der Waals surface area contributed by atoms with Crippen LogP contribution in [0.25, 0.3) is 0 Å². The second-order valence-electron chi connectivity index (χ2n) is 5.38. The van der Waals surface area contributed by atoms with Crippen LogP contribution in [-0.2, 0) is 9.53 Å². The van der Waals surface area contributed by atoms with Crippen molar-refractivity contribution in [1.82, 2.24) is 4.90 Å². The zero-order chi connectivity index (χ0) is 14.9. The lowest BCUT2D eigenvalue weighted by atomic mass is 9.97. The summed E-state index contributed by atoms with van der Waals surface area (Å²) in [5, 5.41) is 0. The summed E-state index contributed by atoms with van der Waals surface area (Å²) < 4.78 is 10.8. The quantitative estimate of drug-likeness (QED) is 0.569. The van der Waals surface area contributed by atoms with E-state index in [2.05, 4.69) is 4.90 Å². The first-order valence-electron chi connectivity index (χ1n) is 7.86. The molecule has 1 aliphatic rings. The van der Waals surface area contributed by atoms with Crippen molar-refractivity contribution in [2.75, 3.05) is 32.8 Å². The molecule has 1 aromatic carbocycles. The summed E-state index contributed by atoms with van der Waals surface area (Å²) in [6.07, 6.45) is 2.84. The van der Waals surface area contributed by atoms with E-state index in [4.69, 9.17) is 9.47 Å². The zero-order valence-corrected chi connectivity index (χ0v) is 14.0. The topological polar surface area (TPSA) is 38.8 Å². The Labute approximate surface area is 139 Å². The van der Waals surface area contributed by atoms with Gasteiger partial charge in [-0.3, -0.25) is 4.79 Å². The first-order valence-corrected chi connectivity index (χ1v) is 7.86. The molecule has 1 aromatic rings. The van der Waals surface area contributed by atoms with E-state index in [9.17, 15) is 4.79 Å². The van der Waals surface area contributed by atoms with Gasteiger partial charge in [0.1, 0.15) is 5.75 Å². The smallest absolute Gasteiger partial charge is 0.309 e. The van der Waals surface area contributed by atoms with E-state index in [-0.39, 0.29) is 24.3 Å². The van der Waals surface area contributed by atoms with Gasteiger partial charge in [-0.25, -0.2) is 0 Å². The van der Waals surface area contributed by atoms with Crippen molar-refractivity contribution in [2.24, 2.45) is 5.92 Å². The average Bonchev–Trinajstić information content (AvgIpc) is 2.53. The molecule has 0 N–H and O–H groups in total. The maximum absolute atomic E-state index is 11.7. The number of hydrogen-bond donors (Lipinski definition) is 0. The predicted molar refractivity (Wildman–Crippen MR) is 89.6 cm³/mol. The third-order valence-corrected chi connectivity index (χ3v) is 3.84. The molecule has 1 fully saturated rings. The van der Waals surface area contributed by atoms with E-state index in [1.807, 2.05) is 37.3 Å². The molecule has 2 rings (SSSR count). The first kappa shape index (κ1) is 18.8. The number of piperidine rings is 1. The molecule has 0 spiro atoms. The molecule has 0 aromatic heterocycles. The predicted octanol–water partition coefficient (Wildman–Crippen LogP) is 3.15. The minimum absolute atomic E-state index is 0. The summed E-state index contributed by atoms with van der Waals surface area (Å²) in [6, 6.07) is 9.90. The van der Waals surface area contributed by atoms with E-state index >= 15 is 0 Å². The Balaban J connectivity index is 0.00000242. The number of halogens is 1. The molecule has 124 valence electrons. The van der Waals surface area contributed by atoms with Gasteiger partial charge in [0.25, 0.3) is 0 Å². The first-order chi connectivity index (χ1) is 10.3. The summed E-state index contributed by atoms with van der Waals surface area (Å²) in [5.41, 5.74) is 0. The Morgan fingerprint density at radius 3 is 2.55 bits per heavy atom. The highest BCUT2D eigenvalue weighted by Crippen LogP contribution is 2.18. The van der Waals surface area contributed by atoms with E-state index in [1.165, 1.54) is 0 Å². The third kappa shape index (κ3) is 6.24. The van der Waals surface area contributed by atoms with E-state index in [0.717, 1.165) is 51.3 Å². The largest absolute Gasteiger partial charge is 0.494 e. The second-order valence-corrected chi connectivity index (χ2v) is 5.38. The number of para-hydroxylation sites is 1. The average molecular weight is 328 g/mol. The molecule has 0 saturated carbocycles. The molecular weight excluding hydrogens is 302 g/mol. The van der Waals surface area contributed by atoms with Crippen LogP contribution in [0, 0.1) is 5.92 Å². The van der Waals surface area contributed by atoms with E-state index in [1.54, 1.807) is 0 Å². The van der Waals surface area contributed by atoms with Gasteiger partial charge >= 0.3 is 5.97 Å². The molecule has 0 aliphatic carbocycles. The lowest BCUT2D eigenvalue weighted by Crippen LogP contribution is -2.37. The van der Waals surface area contributed by atoms with Crippen molar-refractivity contribution in [3.05, 3.63) is 30.3 Å². The van der Waals surface area contributed by atoms with Crippen molar-refractivity contribution in [3.63, 3.8) is 0 Å². The van der Waals surface area contributed by atoms with E-state index in [0.29, 0.717) is 6.61 Å². The number of carbonyl (C=O) groups is 1. The Morgan fingerprint density at radius 2 is 1.91 bits per heavy atom. The molecule has 0 bridgehead atoms. The lowest BCUT2D eigenvalue weighted by molar-refractivity contribution is -0.149. The SMILES string of the molecule is CCOC(=O)C1CCN(CCCOc2ccccc2)CC1.Cl. The fourth-order valence-electron chi connectivity index (χ4n) is 2.65. The highest BCUT2D eigenvalue weighted by molar-refractivity contribution is 5.85. The number of hydrogen-bond acceptors (Lipinski definition) is 4. The van der Waals surface area contributed by atoms with Crippen molar-refractivity contribution >= 4 is 18.4 Å². The minimum Gasteiger partial charge on any atom is -0.494 e. The van der Waals surface area contributed by atoms with Gasteiger partial charge in [-0.05, 0) is 51.4 Å². The van der Waals surface area contributed by atoms with Gasteiger partial charge < -0.3 is 14.4 Å². The van der Waals surface area contributed by atoms with Gasteiger partial charge in [0.2, 0.25) is 0 Å². The monoisotopic (exact) mass is 327 g/mol. The fraction of sp³-hybridized carbons (Fsp3) is 0.588. The number of likely N-dealkylation sites (tertiary alicyclic amines) is 1. The molecular formula is C17H26ClNO3. The third-order valence-electron chi connectivity index (χ3n) is 3.84. The van der Waals surface area contributed by atoms with Crippen molar-refractivity contribution < 1.29 is 14.3 Å². The van der Waals surface area contributed by atoms with Crippen molar-refractivity contribution in [1.29, 1.82) is 0 Å². The van der Waals surface area contributed by atoms with Crippen LogP contribution < -0.4 is 4.74 Å². The zero-order valence-electron chi connectivity index (χ0n) is 13.2. The number of rotatable bonds is 7. The molecule has 0 atom stereocenters. The van der Waals surface area contributed by atoms with Gasteiger partial charge in [-0.15, -0.1) is 12.4 Å². The molecule has 1 aliphatic heterocycles. The van der Waals surface area contributed by atoms with Crippen LogP contribution in [0.3, 0.4) is 0 Å². The normalized spacial score (nSPS) is 15.9. The number of carbonyl (C=O) groups excluding carboxylic acids is 1. The molecule has 4 nitrogen and oxygen atoms in total. The Bertz CT molecular complexity index is 419. The molecule has 0 radical (unpaired) electrons. The van der Waals surface area contributed by atoms with Crippen LogP contribution in [0.5, 0.6) is 5.75 Å². The molecule has 1 saturated heterocycles. The maximum atomic E-state index is 11.7. The van der Waals surface area contributed by atoms with E-state index < -0.39 is 0 Å². The van der Waals surface area contributed by atoms with Crippen LogP contribution in [-0.4, -0.2) is 43.7 Å². The maximum Gasteiger partial charge on any atom is 0.309 e. The van der Waals surface area contributed by atoms with Crippen LogP contribution in [0.1, 0.15) is 26.2 Å². The summed E-state index contributed by atoms with van der Waals surface area (Å²) in [7, 11) is 0. The van der Waals surface area contributed by atoms with Crippen LogP contribution in [0.4, 0.5) is 0 Å². The van der Waals surface area contributed by atoms with Crippen LogP contribution in [0.2, 0.25) is 0 Å². The standard InChI is InChI=1S/C17H25NO3.ClH/c1-2-20-17(19)15-9-12-18(13-10-15)11-6-14-21-16-7-4-3-5-8-16;/h3-5,7-8,15H,2,6,9-14H2,1H3;1H. The van der Waals surface area contributed by atoms with Crippen LogP contribution >= 0.6 is 12.4 Å². The highest BCUT2D eigenvalue weighted by Gasteiger charge is 2.25. The van der Waals surface area contributed by atoms with Gasteiger partial charge in [0.05, 0.1) is 19.1 Å². The lowest BCUT2D eigenvalue weighted by Gasteiger charge is -2.30. The molecule has 22 heavy (non-hydrogen) atoms. The summed E-state index contributed by atoms with van der Waals surface area (Å²) >= 11 is 0. The molecule has 5 heteroatoms. The second kappa shape index (κ2) is 10.5. The number of nitrogens with zero attached hydrogens (tertiary/aromatic N) is 1. The Hall–Kier alpha value is -1.26. The van der Waals surface area contributed by atoms with Crippen LogP contribution in [0.15, 0.2) is 30.3 Å². The van der Waals surface area contributed by atoms with Gasteiger partial charge in [-0.2, -0.15) is 0 Å². The van der Waals surface area contributed by atoms with Crippen molar-refractivity contribution in [3.8, 4) is 5.75 Å². The summed E-state index contributed by atoms with van der Waals surface area (Å²) in [4.78, 5) is 14.1. The Morgan fingerprint density at radius 1 is 1.23 bits per heavy atom. The highest BCUT2D eigenvalue weighted by atomic mass is 35.5. The molecule has 0 amide bonds. The number of esters is 1. The van der Waals surface area contributed by atoms with Gasteiger partial charge in [0.15, 0.2) is 0 Å². The Kier molecular flexibility index (Phi) is 8.94. The van der Waals surface area contributed by atoms with Gasteiger partial charge in [0, 0.05) is 6.54 Å². The molecule has 1 heterocycles. The number of ether oxygens (including phenoxy) is 2. The fourth-order valence-corrected chi connectivity index (χ4v) is 2.65. The summed E-state index contributed by atoms with van der Waals surface area (Å²) in [6.45, 7) is 6.07. The molecule has 0 unspecified atom stereocenters. The number of benzene rings is 1. The summed E-state index contributed by atoms with van der Waals surface area (Å²) in [5.74, 6) is 1.00.